The molecule has 0 aliphatic rings. The summed E-state index contributed by atoms with van der Waals surface area (Å²) >= 11 is 0. The number of pyridine rings is 1. The lowest BCUT2D eigenvalue weighted by molar-refractivity contribution is -0.124. The van der Waals surface area contributed by atoms with Crippen molar-refractivity contribution >= 4 is 17.5 Å². The van der Waals surface area contributed by atoms with Crippen molar-refractivity contribution in [3.05, 3.63) is 109 Å². The maximum absolute atomic E-state index is 14.1. The van der Waals surface area contributed by atoms with Crippen molar-refractivity contribution in [2.75, 3.05) is 4.90 Å². The fraction of sp³-hybridized carbons (Fsp3) is 0.281. The molecule has 196 valence electrons. The molecule has 4 aromatic rings. The molecule has 2 aromatic carbocycles. The van der Waals surface area contributed by atoms with Crippen LogP contribution in [0, 0.1) is 5.41 Å². The molecule has 6 nitrogen and oxygen atoms in total. The maximum atomic E-state index is 14.1. The minimum atomic E-state index is -0.969. The van der Waals surface area contributed by atoms with Gasteiger partial charge >= 0.3 is 0 Å². The molecule has 6 heteroatoms. The van der Waals surface area contributed by atoms with Crippen LogP contribution in [0.3, 0.4) is 0 Å². The van der Waals surface area contributed by atoms with Gasteiger partial charge in [0.25, 0.3) is 5.91 Å². The molecule has 0 saturated carbocycles. The predicted molar refractivity (Wildman–Crippen MR) is 151 cm³/mol. The van der Waals surface area contributed by atoms with E-state index in [1.165, 1.54) is 11.2 Å². The van der Waals surface area contributed by atoms with Crippen LogP contribution in [0.1, 0.15) is 63.2 Å². The molecule has 2 amide bonds. The quantitative estimate of drug-likeness (QED) is 0.276. The summed E-state index contributed by atoms with van der Waals surface area (Å²) in [5.41, 5.74) is 2.73. The van der Waals surface area contributed by atoms with Gasteiger partial charge in [-0.25, -0.2) is 0 Å². The second-order valence-corrected chi connectivity index (χ2v) is 11.4. The van der Waals surface area contributed by atoms with E-state index in [2.05, 4.69) is 31.1 Å². The average Bonchev–Trinajstić information content (AvgIpc) is 3.41. The van der Waals surface area contributed by atoms with Crippen molar-refractivity contribution in [2.45, 2.75) is 52.6 Å². The number of anilines is 1. The molecule has 0 spiro atoms. The van der Waals surface area contributed by atoms with E-state index < -0.39 is 17.5 Å². The average molecular weight is 510 g/mol. The first-order valence-corrected chi connectivity index (χ1v) is 12.8. The molecule has 1 N–H and O–H groups in total. The number of hydrogen-bond acceptors (Lipinski definition) is 4. The Morgan fingerprint density at radius 1 is 0.868 bits per heavy atom. The van der Waals surface area contributed by atoms with E-state index in [1.54, 1.807) is 30.6 Å². The summed E-state index contributed by atoms with van der Waals surface area (Å²) < 4.78 is 5.48. The molecule has 2 heterocycles. The number of amides is 2. The third kappa shape index (κ3) is 6.57. The lowest BCUT2D eigenvalue weighted by Crippen LogP contribution is -2.52. The highest BCUT2D eigenvalue weighted by molar-refractivity contribution is 6.08. The van der Waals surface area contributed by atoms with Gasteiger partial charge in [-0.1, -0.05) is 69.3 Å². The number of carbonyl (C=O) groups excluding carboxylic acids is 2. The van der Waals surface area contributed by atoms with Crippen LogP contribution in [-0.2, 0) is 4.79 Å². The van der Waals surface area contributed by atoms with Gasteiger partial charge in [0, 0.05) is 29.2 Å². The van der Waals surface area contributed by atoms with Crippen molar-refractivity contribution in [1.82, 2.24) is 10.3 Å². The van der Waals surface area contributed by atoms with Gasteiger partial charge in [0.05, 0.1) is 6.26 Å². The van der Waals surface area contributed by atoms with Crippen molar-refractivity contribution < 1.29 is 14.0 Å². The molecule has 0 aliphatic carbocycles. The Balaban J connectivity index is 1.79. The number of carbonyl (C=O) groups is 2. The number of nitrogens with zero attached hydrogens (tertiary/aromatic N) is 2. The molecule has 4 rings (SSSR count). The summed E-state index contributed by atoms with van der Waals surface area (Å²) in [7, 11) is 0. The number of hydrogen-bond donors (Lipinski definition) is 1. The van der Waals surface area contributed by atoms with Gasteiger partial charge in [0.15, 0.2) is 5.76 Å². The van der Waals surface area contributed by atoms with E-state index in [0.717, 1.165) is 17.5 Å². The van der Waals surface area contributed by atoms with Crippen LogP contribution < -0.4 is 10.2 Å². The molecule has 0 radical (unpaired) electrons. The summed E-state index contributed by atoms with van der Waals surface area (Å²) in [6.07, 6.45) is 5.48. The lowest BCUT2D eigenvalue weighted by atomic mass is 9.81. The highest BCUT2D eigenvalue weighted by Crippen LogP contribution is 2.33. The monoisotopic (exact) mass is 509 g/mol. The first-order valence-electron chi connectivity index (χ1n) is 12.8. The van der Waals surface area contributed by atoms with Crippen molar-refractivity contribution in [3.63, 3.8) is 0 Å². The van der Waals surface area contributed by atoms with Gasteiger partial charge in [-0.05, 0) is 67.1 Å². The fourth-order valence-corrected chi connectivity index (χ4v) is 5.07. The molecule has 2 aromatic heterocycles. The third-order valence-corrected chi connectivity index (χ3v) is 6.14. The molecule has 0 aliphatic heterocycles. The Labute approximate surface area is 224 Å². The van der Waals surface area contributed by atoms with Crippen LogP contribution in [0.5, 0.6) is 0 Å². The van der Waals surface area contributed by atoms with Crippen LogP contribution in [0.4, 0.5) is 5.69 Å². The topological polar surface area (TPSA) is 75.4 Å². The molecule has 0 fully saturated rings. The minimum absolute atomic E-state index is 0.00246. The highest BCUT2D eigenvalue weighted by Gasteiger charge is 2.37. The Morgan fingerprint density at radius 3 is 2.13 bits per heavy atom. The Hall–Kier alpha value is -4.19. The minimum Gasteiger partial charge on any atom is -0.459 e. The van der Waals surface area contributed by atoms with Gasteiger partial charge in [0.2, 0.25) is 5.91 Å². The van der Waals surface area contributed by atoms with E-state index in [9.17, 15) is 9.59 Å². The molecule has 0 saturated heterocycles. The van der Waals surface area contributed by atoms with Crippen molar-refractivity contribution in [1.29, 1.82) is 0 Å². The zero-order valence-corrected chi connectivity index (χ0v) is 22.6. The van der Waals surface area contributed by atoms with E-state index in [0.29, 0.717) is 11.3 Å². The highest BCUT2D eigenvalue weighted by atomic mass is 16.3. The van der Waals surface area contributed by atoms with Crippen LogP contribution in [0.15, 0.2) is 102 Å². The van der Waals surface area contributed by atoms with Crippen LogP contribution in [0.2, 0.25) is 0 Å². The fourth-order valence-electron chi connectivity index (χ4n) is 5.07. The molecular weight excluding hydrogens is 474 g/mol. The molecule has 0 bridgehead atoms. The van der Waals surface area contributed by atoms with E-state index >= 15 is 0 Å². The smallest absolute Gasteiger partial charge is 0.294 e. The van der Waals surface area contributed by atoms with Gasteiger partial charge < -0.3 is 9.73 Å². The molecular formula is C32H35N3O3. The van der Waals surface area contributed by atoms with E-state index in [4.69, 9.17) is 4.42 Å². The Kier molecular flexibility index (Phi) is 7.81. The maximum Gasteiger partial charge on any atom is 0.294 e. The first kappa shape index (κ1) is 26.9. The summed E-state index contributed by atoms with van der Waals surface area (Å²) in [4.78, 5) is 33.7. The number of aromatic nitrogens is 1. The number of nitrogens with one attached hydrogen (secondary N) is 1. The van der Waals surface area contributed by atoms with Crippen molar-refractivity contribution in [2.24, 2.45) is 5.41 Å². The SMILES string of the molecule is CC(C)(C)CC(C)(C)NC(=O)C(c1cccnc1)N(C(=O)c1ccco1)c1ccc(-c2ccccc2)cc1. The number of rotatable bonds is 8. The predicted octanol–water partition coefficient (Wildman–Crippen LogP) is 7.06. The van der Waals surface area contributed by atoms with Gasteiger partial charge in [-0.2, -0.15) is 0 Å². The molecule has 38 heavy (non-hydrogen) atoms. The van der Waals surface area contributed by atoms with Crippen LogP contribution >= 0.6 is 0 Å². The van der Waals surface area contributed by atoms with Crippen LogP contribution in [-0.4, -0.2) is 22.3 Å². The largest absolute Gasteiger partial charge is 0.459 e. The normalized spacial score (nSPS) is 12.6. The van der Waals surface area contributed by atoms with Crippen LogP contribution in [0.25, 0.3) is 11.1 Å². The lowest BCUT2D eigenvalue weighted by Gasteiger charge is -2.37. The molecule has 1 unspecified atom stereocenters. The zero-order chi connectivity index (χ0) is 27.3. The summed E-state index contributed by atoms with van der Waals surface area (Å²) in [5.74, 6) is -0.563. The second-order valence-electron chi connectivity index (χ2n) is 11.4. The van der Waals surface area contributed by atoms with Gasteiger partial charge in [-0.3, -0.25) is 19.5 Å². The first-order chi connectivity index (χ1) is 18.0. The molecule has 1 atom stereocenters. The summed E-state index contributed by atoms with van der Waals surface area (Å²) in [5, 5.41) is 3.21. The Bertz CT molecular complexity index is 1340. The van der Waals surface area contributed by atoms with E-state index in [1.807, 2.05) is 74.5 Å². The standard InChI is InChI=1S/C32H35N3O3/c1-31(2,3)22-32(4,5)34-29(36)28(25-13-9-19-33-21-25)35(30(37)27-14-10-20-38-27)26-17-15-24(16-18-26)23-11-7-6-8-12-23/h6-21,28H,22H2,1-5H3,(H,34,36). The number of benzene rings is 2. The second kappa shape index (κ2) is 11.1. The number of furan rings is 1. The summed E-state index contributed by atoms with van der Waals surface area (Å²) in [6.45, 7) is 10.4. The van der Waals surface area contributed by atoms with Crippen molar-refractivity contribution in [3.8, 4) is 11.1 Å². The third-order valence-electron chi connectivity index (χ3n) is 6.14. The Morgan fingerprint density at radius 2 is 1.55 bits per heavy atom. The van der Waals surface area contributed by atoms with Gasteiger partial charge in [0.1, 0.15) is 6.04 Å². The van der Waals surface area contributed by atoms with Gasteiger partial charge in [-0.15, -0.1) is 0 Å². The zero-order valence-electron chi connectivity index (χ0n) is 22.6. The summed E-state index contributed by atoms with van der Waals surface area (Å²) in [6, 6.07) is 23.5. The van der Waals surface area contributed by atoms with E-state index in [-0.39, 0.29) is 17.1 Å².